The van der Waals surface area contributed by atoms with Crippen molar-refractivity contribution in [3.05, 3.63) is 12.4 Å². The second-order valence-electron chi connectivity index (χ2n) is 4.30. The van der Waals surface area contributed by atoms with Gasteiger partial charge in [-0.15, -0.1) is 5.10 Å². The summed E-state index contributed by atoms with van der Waals surface area (Å²) in [5.41, 5.74) is 0.563. The molecule has 1 aliphatic heterocycles. The highest BCUT2D eigenvalue weighted by atomic mass is 16.4. The summed E-state index contributed by atoms with van der Waals surface area (Å²) in [6, 6.07) is -0.0147. The quantitative estimate of drug-likeness (QED) is 0.814. The Hall–Kier alpha value is -2.25. The molecule has 0 aliphatic carbocycles. The highest BCUT2D eigenvalue weighted by molar-refractivity contribution is 5.68. The largest absolute Gasteiger partial charge is 0.481 e. The summed E-state index contributed by atoms with van der Waals surface area (Å²) >= 11 is 0. The van der Waals surface area contributed by atoms with E-state index in [4.69, 9.17) is 5.11 Å². The highest BCUT2D eigenvalue weighted by Gasteiger charge is 2.28. The molecule has 0 amide bonds. The number of anilines is 1. The molecule has 1 fully saturated rings. The summed E-state index contributed by atoms with van der Waals surface area (Å²) in [5.74, 6) is -0.0370. The lowest BCUT2D eigenvalue weighted by atomic mass is 10.1. The van der Waals surface area contributed by atoms with Crippen molar-refractivity contribution in [1.29, 1.82) is 0 Å². The van der Waals surface area contributed by atoms with Crippen LogP contribution in [0.5, 0.6) is 0 Å². The van der Waals surface area contributed by atoms with Gasteiger partial charge >= 0.3 is 5.97 Å². The molecule has 0 spiro atoms. The van der Waals surface area contributed by atoms with E-state index in [0.29, 0.717) is 5.65 Å². The predicted molar refractivity (Wildman–Crippen MR) is 61.2 cm³/mol. The molecular weight excluding hydrogens is 236 g/mol. The number of nitrogens with zero attached hydrogens (tertiary/aromatic N) is 6. The Morgan fingerprint density at radius 3 is 3.22 bits per heavy atom. The fraction of sp³-hybridized carbons (Fsp3) is 0.500. The molecule has 2 aromatic rings. The average molecular weight is 248 g/mol. The van der Waals surface area contributed by atoms with Crippen molar-refractivity contribution in [2.24, 2.45) is 0 Å². The Kier molecular flexibility index (Phi) is 2.54. The summed E-state index contributed by atoms with van der Waals surface area (Å²) in [5, 5.41) is 20.3. The first-order valence-corrected chi connectivity index (χ1v) is 5.76. The van der Waals surface area contributed by atoms with Gasteiger partial charge in [0.25, 0.3) is 0 Å². The number of carboxylic acid groups (broad SMARTS) is 1. The minimum atomic E-state index is -0.788. The van der Waals surface area contributed by atoms with Crippen molar-refractivity contribution in [2.45, 2.75) is 25.3 Å². The van der Waals surface area contributed by atoms with Crippen molar-refractivity contribution in [1.82, 2.24) is 25.0 Å². The second kappa shape index (κ2) is 4.21. The molecule has 8 heteroatoms. The van der Waals surface area contributed by atoms with Crippen LogP contribution in [0.1, 0.15) is 19.3 Å². The van der Waals surface area contributed by atoms with Crippen molar-refractivity contribution in [3.8, 4) is 0 Å². The zero-order valence-electron chi connectivity index (χ0n) is 9.60. The fourth-order valence-corrected chi connectivity index (χ4v) is 2.41. The lowest BCUT2D eigenvalue weighted by Gasteiger charge is -2.24. The number of aliphatic carboxylic acids is 1. The molecule has 94 valence electrons. The number of tetrazole rings is 1. The third-order valence-corrected chi connectivity index (χ3v) is 3.17. The smallest absolute Gasteiger partial charge is 0.305 e. The Morgan fingerprint density at radius 2 is 2.39 bits per heavy atom. The van der Waals surface area contributed by atoms with Crippen LogP contribution in [-0.2, 0) is 4.79 Å². The van der Waals surface area contributed by atoms with Crippen molar-refractivity contribution in [2.75, 3.05) is 11.4 Å². The number of carbonyl (C=O) groups is 1. The fourth-order valence-electron chi connectivity index (χ4n) is 2.41. The van der Waals surface area contributed by atoms with Crippen LogP contribution in [0.15, 0.2) is 12.4 Å². The number of carboxylic acids is 1. The van der Waals surface area contributed by atoms with Crippen LogP contribution in [0.4, 0.5) is 5.82 Å². The van der Waals surface area contributed by atoms with Crippen LogP contribution in [0.2, 0.25) is 0 Å². The van der Waals surface area contributed by atoms with E-state index in [1.165, 1.54) is 0 Å². The van der Waals surface area contributed by atoms with Crippen LogP contribution in [-0.4, -0.2) is 48.7 Å². The maximum Gasteiger partial charge on any atom is 0.305 e. The van der Waals surface area contributed by atoms with Crippen molar-refractivity contribution >= 4 is 17.4 Å². The molecule has 8 nitrogen and oxygen atoms in total. The molecule has 2 aromatic heterocycles. The van der Waals surface area contributed by atoms with Gasteiger partial charge < -0.3 is 10.0 Å². The molecule has 1 unspecified atom stereocenters. The Labute approximate surface area is 102 Å². The van der Waals surface area contributed by atoms with Crippen LogP contribution >= 0.6 is 0 Å². The zero-order chi connectivity index (χ0) is 12.5. The molecule has 0 bridgehead atoms. The van der Waals surface area contributed by atoms with E-state index in [1.807, 2.05) is 4.90 Å². The van der Waals surface area contributed by atoms with Gasteiger partial charge in [-0.25, -0.2) is 0 Å². The zero-order valence-corrected chi connectivity index (χ0v) is 9.60. The molecule has 18 heavy (non-hydrogen) atoms. The Balaban J connectivity index is 1.98. The first-order chi connectivity index (χ1) is 8.75. The number of hydrogen-bond donors (Lipinski definition) is 1. The van der Waals surface area contributed by atoms with Gasteiger partial charge in [-0.2, -0.15) is 4.52 Å². The molecule has 1 saturated heterocycles. The van der Waals surface area contributed by atoms with Gasteiger partial charge in [0.15, 0.2) is 11.5 Å². The topological polar surface area (TPSA) is 96.5 Å². The minimum absolute atomic E-state index is 0.0147. The Bertz CT molecular complexity index is 583. The number of rotatable bonds is 3. The van der Waals surface area contributed by atoms with Gasteiger partial charge in [0.2, 0.25) is 0 Å². The maximum absolute atomic E-state index is 10.9. The lowest BCUT2D eigenvalue weighted by Crippen LogP contribution is -2.32. The van der Waals surface area contributed by atoms with Gasteiger partial charge in [0.1, 0.15) is 0 Å². The van der Waals surface area contributed by atoms with Crippen LogP contribution in [0, 0.1) is 0 Å². The molecule has 1 N–H and O–H groups in total. The summed E-state index contributed by atoms with van der Waals surface area (Å²) in [6.07, 6.45) is 5.20. The van der Waals surface area contributed by atoms with E-state index >= 15 is 0 Å². The predicted octanol–water partition coefficient (Wildman–Crippen LogP) is -0.0372. The molecule has 3 heterocycles. The summed E-state index contributed by atoms with van der Waals surface area (Å²) in [4.78, 5) is 17.0. The van der Waals surface area contributed by atoms with E-state index in [9.17, 15) is 4.79 Å². The molecule has 3 rings (SSSR count). The van der Waals surface area contributed by atoms with Gasteiger partial charge in [-0.05, 0) is 23.3 Å². The standard InChI is InChI=1S/C10H12N6O2/c17-10(18)4-7-2-1-3-15(7)9-6-11-5-8-12-13-14-16(8)9/h5-7H,1-4H2,(H,17,18). The van der Waals surface area contributed by atoms with E-state index in [-0.39, 0.29) is 12.5 Å². The summed E-state index contributed by atoms with van der Waals surface area (Å²) in [6.45, 7) is 0.804. The lowest BCUT2D eigenvalue weighted by molar-refractivity contribution is -0.137. The molecule has 0 aromatic carbocycles. The van der Waals surface area contributed by atoms with E-state index in [2.05, 4.69) is 20.5 Å². The molecular formula is C10H12N6O2. The first kappa shape index (κ1) is 10.9. The molecule has 0 radical (unpaired) electrons. The normalized spacial score (nSPS) is 19.6. The van der Waals surface area contributed by atoms with Crippen LogP contribution in [0.25, 0.3) is 5.65 Å². The van der Waals surface area contributed by atoms with Crippen molar-refractivity contribution < 1.29 is 9.90 Å². The van der Waals surface area contributed by atoms with Gasteiger partial charge in [0, 0.05) is 12.6 Å². The number of fused-ring (bicyclic) bond motifs is 1. The van der Waals surface area contributed by atoms with Crippen LogP contribution < -0.4 is 4.90 Å². The molecule has 1 aliphatic rings. The van der Waals surface area contributed by atoms with Gasteiger partial charge in [-0.1, -0.05) is 0 Å². The monoisotopic (exact) mass is 248 g/mol. The number of aromatic nitrogens is 5. The third kappa shape index (κ3) is 1.75. The SMILES string of the molecule is O=C(O)CC1CCCN1c1cncc2nnnn12. The van der Waals surface area contributed by atoms with Crippen molar-refractivity contribution in [3.63, 3.8) is 0 Å². The summed E-state index contributed by atoms with van der Waals surface area (Å²) < 4.78 is 1.59. The van der Waals surface area contributed by atoms with Gasteiger partial charge in [-0.3, -0.25) is 9.78 Å². The highest BCUT2D eigenvalue weighted by Crippen LogP contribution is 2.26. The van der Waals surface area contributed by atoms with E-state index in [0.717, 1.165) is 25.2 Å². The second-order valence-corrected chi connectivity index (χ2v) is 4.30. The summed E-state index contributed by atoms with van der Waals surface area (Å²) in [7, 11) is 0. The third-order valence-electron chi connectivity index (χ3n) is 3.17. The Morgan fingerprint density at radius 1 is 1.50 bits per heavy atom. The van der Waals surface area contributed by atoms with Gasteiger partial charge in [0.05, 0.1) is 18.8 Å². The van der Waals surface area contributed by atoms with E-state index < -0.39 is 5.97 Å². The first-order valence-electron chi connectivity index (χ1n) is 5.76. The average Bonchev–Trinajstić information content (AvgIpc) is 2.95. The molecule has 1 atom stereocenters. The minimum Gasteiger partial charge on any atom is -0.481 e. The van der Waals surface area contributed by atoms with Crippen LogP contribution in [0.3, 0.4) is 0 Å². The maximum atomic E-state index is 10.9. The number of hydrogen-bond acceptors (Lipinski definition) is 6. The molecule has 0 saturated carbocycles. The van der Waals surface area contributed by atoms with E-state index in [1.54, 1.807) is 16.9 Å².